The molecule has 0 aliphatic carbocycles. The number of fused-ring (bicyclic) bond motifs is 1. The number of nitrogens with zero attached hydrogens (tertiary/aromatic N) is 2. The van der Waals surface area contributed by atoms with E-state index in [0.717, 1.165) is 22.1 Å². The predicted octanol–water partition coefficient (Wildman–Crippen LogP) is 2.07. The lowest BCUT2D eigenvalue weighted by Gasteiger charge is -2.18. The number of hydroxylamine groups is 1. The molecule has 0 radical (unpaired) electrons. The van der Waals surface area contributed by atoms with Crippen molar-refractivity contribution in [2.24, 2.45) is 0 Å². The summed E-state index contributed by atoms with van der Waals surface area (Å²) >= 11 is 0. The van der Waals surface area contributed by atoms with E-state index < -0.39 is 10.0 Å². The van der Waals surface area contributed by atoms with Gasteiger partial charge in [-0.15, -0.1) is 0 Å². The van der Waals surface area contributed by atoms with Crippen LogP contribution in [-0.4, -0.2) is 39.5 Å². The molecule has 0 atom stereocenters. The number of carbonyl (C=O) groups is 1. The van der Waals surface area contributed by atoms with Gasteiger partial charge in [0.1, 0.15) is 0 Å². The normalized spacial score (nSPS) is 14.0. The molecular weight excluding hydrogens is 328 g/mol. The minimum absolute atomic E-state index is 0.0187. The van der Waals surface area contributed by atoms with Crippen molar-refractivity contribution in [1.82, 2.24) is 4.47 Å². The first kappa shape index (κ1) is 16.6. The van der Waals surface area contributed by atoms with E-state index in [2.05, 4.69) is 0 Å². The fourth-order valence-electron chi connectivity index (χ4n) is 2.74. The molecule has 0 unspecified atom stereocenters. The van der Waals surface area contributed by atoms with Gasteiger partial charge in [0.2, 0.25) is 0 Å². The summed E-state index contributed by atoms with van der Waals surface area (Å²) in [5.74, 6) is -0.211. The highest BCUT2D eigenvalue weighted by atomic mass is 32.2. The molecule has 24 heavy (non-hydrogen) atoms. The molecule has 126 valence electrons. The number of amides is 1. The topological polar surface area (TPSA) is 66.9 Å². The number of hydrogen-bond donors (Lipinski definition) is 0. The van der Waals surface area contributed by atoms with Crippen molar-refractivity contribution < 1.29 is 18.0 Å². The van der Waals surface area contributed by atoms with E-state index in [9.17, 15) is 13.2 Å². The summed E-state index contributed by atoms with van der Waals surface area (Å²) in [6.45, 7) is 0.590. The zero-order valence-corrected chi connectivity index (χ0v) is 14.3. The van der Waals surface area contributed by atoms with Crippen LogP contribution in [0.4, 0.5) is 5.69 Å². The standard InChI is InChI=1S/C17H18N2O4S/c1-18(23-2)24(21,22)15-8-5-7-14(12-15)17(20)19-11-10-13-6-3-4-9-16(13)19/h3-9,12H,10-11H2,1-2H3. The number of anilines is 1. The van der Waals surface area contributed by atoms with E-state index >= 15 is 0 Å². The summed E-state index contributed by atoms with van der Waals surface area (Å²) in [6.07, 6.45) is 0.798. The number of hydrogen-bond acceptors (Lipinski definition) is 4. The Morgan fingerprint density at radius 3 is 2.67 bits per heavy atom. The van der Waals surface area contributed by atoms with Gasteiger partial charge in [0.15, 0.2) is 0 Å². The monoisotopic (exact) mass is 346 g/mol. The van der Waals surface area contributed by atoms with Crippen LogP contribution in [0.15, 0.2) is 53.4 Å². The van der Waals surface area contributed by atoms with Crippen molar-refractivity contribution in [2.45, 2.75) is 11.3 Å². The number of benzene rings is 2. The Hall–Kier alpha value is -2.22. The molecule has 0 N–H and O–H groups in total. The van der Waals surface area contributed by atoms with Crippen LogP contribution in [0.5, 0.6) is 0 Å². The minimum Gasteiger partial charge on any atom is -0.308 e. The first-order valence-electron chi connectivity index (χ1n) is 7.48. The van der Waals surface area contributed by atoms with Crippen molar-refractivity contribution >= 4 is 21.6 Å². The van der Waals surface area contributed by atoms with Crippen LogP contribution in [0.3, 0.4) is 0 Å². The fourth-order valence-corrected chi connectivity index (χ4v) is 3.76. The lowest BCUT2D eigenvalue weighted by Crippen LogP contribution is -2.29. The first-order valence-corrected chi connectivity index (χ1v) is 8.92. The average molecular weight is 346 g/mol. The zero-order valence-electron chi connectivity index (χ0n) is 13.5. The Bertz CT molecular complexity index is 880. The third-order valence-electron chi connectivity index (χ3n) is 4.11. The average Bonchev–Trinajstić information content (AvgIpc) is 3.04. The minimum atomic E-state index is -3.79. The Balaban J connectivity index is 1.94. The van der Waals surface area contributed by atoms with Gasteiger partial charge in [0.25, 0.3) is 15.9 Å². The van der Waals surface area contributed by atoms with E-state index in [-0.39, 0.29) is 10.8 Å². The molecule has 0 bridgehead atoms. The number of para-hydroxylation sites is 1. The molecule has 0 fully saturated rings. The van der Waals surface area contributed by atoms with Gasteiger partial charge in [-0.1, -0.05) is 28.7 Å². The SMILES string of the molecule is CON(C)S(=O)(=O)c1cccc(C(=O)N2CCc3ccccc32)c1. The lowest BCUT2D eigenvalue weighted by atomic mass is 10.1. The van der Waals surface area contributed by atoms with Gasteiger partial charge in [-0.25, -0.2) is 8.42 Å². The van der Waals surface area contributed by atoms with E-state index in [1.165, 1.54) is 26.3 Å². The molecule has 0 spiro atoms. The summed E-state index contributed by atoms with van der Waals surface area (Å²) in [5.41, 5.74) is 2.33. The highest BCUT2D eigenvalue weighted by Gasteiger charge is 2.27. The summed E-state index contributed by atoms with van der Waals surface area (Å²) < 4.78 is 25.4. The molecular formula is C17H18N2O4S. The lowest BCUT2D eigenvalue weighted by molar-refractivity contribution is -0.0258. The van der Waals surface area contributed by atoms with Crippen LogP contribution in [0.25, 0.3) is 0 Å². The van der Waals surface area contributed by atoms with Crippen molar-refractivity contribution in [3.05, 3.63) is 59.7 Å². The third-order valence-corrected chi connectivity index (χ3v) is 5.78. The Morgan fingerprint density at radius 2 is 1.92 bits per heavy atom. The van der Waals surface area contributed by atoms with Crippen LogP contribution < -0.4 is 4.90 Å². The molecule has 0 saturated heterocycles. The zero-order chi connectivity index (χ0) is 17.3. The highest BCUT2D eigenvalue weighted by molar-refractivity contribution is 7.89. The Morgan fingerprint density at radius 1 is 1.17 bits per heavy atom. The smallest absolute Gasteiger partial charge is 0.264 e. The summed E-state index contributed by atoms with van der Waals surface area (Å²) in [4.78, 5) is 19.3. The van der Waals surface area contributed by atoms with Crippen LogP contribution in [-0.2, 0) is 21.3 Å². The van der Waals surface area contributed by atoms with Crippen molar-refractivity contribution in [1.29, 1.82) is 0 Å². The Kier molecular flexibility index (Phi) is 4.40. The van der Waals surface area contributed by atoms with Gasteiger partial charge in [0, 0.05) is 24.8 Å². The van der Waals surface area contributed by atoms with Crippen LogP contribution in [0.1, 0.15) is 15.9 Å². The molecule has 2 aromatic carbocycles. The number of rotatable bonds is 4. The van der Waals surface area contributed by atoms with Gasteiger partial charge in [-0.2, -0.15) is 0 Å². The molecule has 3 rings (SSSR count). The van der Waals surface area contributed by atoms with E-state index in [4.69, 9.17) is 4.84 Å². The van der Waals surface area contributed by atoms with Crippen LogP contribution in [0.2, 0.25) is 0 Å². The third kappa shape index (κ3) is 2.82. The molecule has 1 amide bonds. The second-order valence-corrected chi connectivity index (χ2v) is 7.40. The number of carbonyl (C=O) groups excluding carboxylic acids is 1. The van der Waals surface area contributed by atoms with Crippen LogP contribution >= 0.6 is 0 Å². The quantitative estimate of drug-likeness (QED) is 0.795. The van der Waals surface area contributed by atoms with E-state index in [1.54, 1.807) is 17.0 Å². The first-order chi connectivity index (χ1) is 11.4. The van der Waals surface area contributed by atoms with Crippen molar-refractivity contribution in [2.75, 3.05) is 25.6 Å². The highest BCUT2D eigenvalue weighted by Crippen LogP contribution is 2.29. The summed E-state index contributed by atoms with van der Waals surface area (Å²) in [7, 11) is -1.21. The molecule has 6 nitrogen and oxygen atoms in total. The molecule has 0 saturated carbocycles. The second-order valence-electron chi connectivity index (χ2n) is 5.46. The molecule has 1 aliphatic heterocycles. The fraction of sp³-hybridized carbons (Fsp3) is 0.235. The Labute approximate surface area is 141 Å². The maximum Gasteiger partial charge on any atom is 0.264 e. The van der Waals surface area contributed by atoms with Gasteiger partial charge >= 0.3 is 0 Å². The molecule has 1 aliphatic rings. The molecule has 2 aromatic rings. The van der Waals surface area contributed by atoms with Gasteiger partial charge in [-0.05, 0) is 36.2 Å². The maximum atomic E-state index is 12.8. The number of sulfonamides is 1. The second kappa shape index (κ2) is 6.35. The predicted molar refractivity (Wildman–Crippen MR) is 90.2 cm³/mol. The molecule has 1 heterocycles. The van der Waals surface area contributed by atoms with Gasteiger partial charge < -0.3 is 4.90 Å². The largest absolute Gasteiger partial charge is 0.308 e. The van der Waals surface area contributed by atoms with Crippen molar-refractivity contribution in [3.63, 3.8) is 0 Å². The van der Waals surface area contributed by atoms with E-state index in [0.29, 0.717) is 12.1 Å². The summed E-state index contributed by atoms with van der Waals surface area (Å²) in [5, 5.41) is 0. The summed E-state index contributed by atoms with van der Waals surface area (Å²) in [6, 6.07) is 13.7. The maximum absolute atomic E-state index is 12.8. The molecule has 0 aromatic heterocycles. The van der Waals surface area contributed by atoms with Gasteiger partial charge in [-0.3, -0.25) is 9.63 Å². The van der Waals surface area contributed by atoms with E-state index in [1.807, 2.05) is 24.3 Å². The van der Waals surface area contributed by atoms with Gasteiger partial charge in [0.05, 0.1) is 12.0 Å². The molecule has 7 heteroatoms. The van der Waals surface area contributed by atoms with Crippen molar-refractivity contribution in [3.8, 4) is 0 Å². The van der Waals surface area contributed by atoms with Crippen LogP contribution in [0, 0.1) is 0 Å².